The Morgan fingerprint density at radius 2 is 2.00 bits per heavy atom. The third-order valence-electron chi connectivity index (χ3n) is 3.21. The number of hydrogen-bond acceptors (Lipinski definition) is 3. The van der Waals surface area contributed by atoms with Gasteiger partial charge in [-0.15, -0.1) is 0 Å². The lowest BCUT2D eigenvalue weighted by Crippen LogP contribution is -2.00. The minimum Gasteiger partial charge on any atom is -0.497 e. The van der Waals surface area contributed by atoms with E-state index in [-0.39, 0.29) is 0 Å². The summed E-state index contributed by atoms with van der Waals surface area (Å²) in [6.45, 7) is 0.703. The summed E-state index contributed by atoms with van der Waals surface area (Å²) in [5.74, 6) is 1.67. The van der Waals surface area contributed by atoms with Crippen LogP contribution < -0.4 is 15.2 Å². The molecule has 4 nitrogen and oxygen atoms in total. The molecule has 4 heteroatoms. The number of aromatic nitrogens is 1. The number of rotatable bonds is 5. The minimum absolute atomic E-state index is 0.703. The summed E-state index contributed by atoms with van der Waals surface area (Å²) in [6, 6.07) is 3.96. The van der Waals surface area contributed by atoms with Gasteiger partial charge in [-0.05, 0) is 24.9 Å². The first-order valence-corrected chi connectivity index (χ1v) is 6.11. The Bertz CT molecular complexity index is 546. The van der Waals surface area contributed by atoms with Crippen molar-refractivity contribution in [2.45, 2.75) is 12.8 Å². The molecule has 0 aliphatic rings. The molecule has 2 N–H and O–H groups in total. The normalized spacial score (nSPS) is 10.9. The highest BCUT2D eigenvalue weighted by atomic mass is 16.5. The summed E-state index contributed by atoms with van der Waals surface area (Å²) in [5.41, 5.74) is 7.98. The molecule has 1 heterocycles. The van der Waals surface area contributed by atoms with Crippen molar-refractivity contribution in [1.29, 1.82) is 0 Å². The van der Waals surface area contributed by atoms with Crippen molar-refractivity contribution < 1.29 is 9.47 Å². The van der Waals surface area contributed by atoms with Crippen molar-refractivity contribution in [2.24, 2.45) is 12.8 Å². The molecule has 0 saturated heterocycles. The predicted molar refractivity (Wildman–Crippen MR) is 73.4 cm³/mol. The van der Waals surface area contributed by atoms with E-state index in [2.05, 4.69) is 10.8 Å². The molecule has 98 valence electrons. The Morgan fingerprint density at radius 3 is 2.61 bits per heavy atom. The Kier molecular flexibility index (Phi) is 3.77. The lowest BCUT2D eigenvalue weighted by Gasteiger charge is -2.08. The average Bonchev–Trinajstić information content (AvgIpc) is 2.72. The van der Waals surface area contributed by atoms with Gasteiger partial charge in [0.2, 0.25) is 0 Å². The van der Waals surface area contributed by atoms with E-state index in [9.17, 15) is 0 Å². The lowest BCUT2D eigenvalue weighted by molar-refractivity contribution is 0.397. The number of hydrogen-bond donors (Lipinski definition) is 1. The molecule has 0 fully saturated rings. The maximum atomic E-state index is 5.59. The highest BCUT2D eigenvalue weighted by molar-refractivity contribution is 5.91. The number of nitrogens with two attached hydrogens (primary N) is 1. The SMILES string of the molecule is COc1cc(OC)c2c(CCCN)cn(C)c2c1. The Labute approximate surface area is 107 Å². The molecule has 2 aromatic rings. The van der Waals surface area contributed by atoms with Crippen molar-refractivity contribution >= 4 is 10.9 Å². The van der Waals surface area contributed by atoms with Crippen LogP contribution in [0.2, 0.25) is 0 Å². The molecule has 0 saturated carbocycles. The number of methoxy groups -OCH3 is 2. The van der Waals surface area contributed by atoms with E-state index in [0.717, 1.165) is 35.2 Å². The Balaban J connectivity index is 2.60. The number of fused-ring (bicyclic) bond motifs is 1. The fraction of sp³-hybridized carbons (Fsp3) is 0.429. The van der Waals surface area contributed by atoms with E-state index in [1.807, 2.05) is 19.2 Å². The topological polar surface area (TPSA) is 49.4 Å². The highest BCUT2D eigenvalue weighted by Crippen LogP contribution is 2.35. The largest absolute Gasteiger partial charge is 0.497 e. The molecule has 18 heavy (non-hydrogen) atoms. The fourth-order valence-electron chi connectivity index (χ4n) is 2.31. The molecule has 0 unspecified atom stereocenters. The number of ether oxygens (including phenoxy) is 2. The van der Waals surface area contributed by atoms with Crippen molar-refractivity contribution in [3.8, 4) is 11.5 Å². The predicted octanol–water partition coefficient (Wildman–Crippen LogP) is 2.09. The van der Waals surface area contributed by atoms with Gasteiger partial charge < -0.3 is 19.8 Å². The number of aryl methyl sites for hydroxylation is 2. The van der Waals surface area contributed by atoms with Gasteiger partial charge in [0.15, 0.2) is 0 Å². The Hall–Kier alpha value is -1.68. The van der Waals surface area contributed by atoms with Gasteiger partial charge >= 0.3 is 0 Å². The van der Waals surface area contributed by atoms with Crippen LogP contribution >= 0.6 is 0 Å². The molecule has 0 atom stereocenters. The molecule has 0 amide bonds. The zero-order valence-corrected chi connectivity index (χ0v) is 11.2. The molecule has 1 aromatic heterocycles. The van der Waals surface area contributed by atoms with Crippen LogP contribution in [0.4, 0.5) is 0 Å². The van der Waals surface area contributed by atoms with Crippen molar-refractivity contribution in [3.63, 3.8) is 0 Å². The molecule has 2 rings (SSSR count). The molecule has 0 aliphatic carbocycles. The van der Waals surface area contributed by atoms with Gasteiger partial charge in [-0.3, -0.25) is 0 Å². The van der Waals surface area contributed by atoms with Crippen LogP contribution in [0.25, 0.3) is 10.9 Å². The third kappa shape index (κ3) is 2.16. The minimum atomic E-state index is 0.703. The molecule has 0 radical (unpaired) electrons. The first kappa shape index (κ1) is 12.8. The van der Waals surface area contributed by atoms with E-state index in [1.165, 1.54) is 5.56 Å². The number of nitrogens with zero attached hydrogens (tertiary/aromatic N) is 1. The second-order valence-electron chi connectivity index (χ2n) is 4.38. The first-order valence-electron chi connectivity index (χ1n) is 6.11. The van der Waals surface area contributed by atoms with Crippen LogP contribution in [-0.2, 0) is 13.5 Å². The van der Waals surface area contributed by atoms with Crippen molar-refractivity contribution in [3.05, 3.63) is 23.9 Å². The van der Waals surface area contributed by atoms with E-state index < -0.39 is 0 Å². The van der Waals surface area contributed by atoms with Crippen LogP contribution in [0.3, 0.4) is 0 Å². The van der Waals surface area contributed by atoms with Crippen LogP contribution in [-0.4, -0.2) is 25.3 Å². The van der Waals surface area contributed by atoms with E-state index in [0.29, 0.717) is 6.54 Å². The maximum absolute atomic E-state index is 5.59. The van der Waals surface area contributed by atoms with Gasteiger partial charge in [-0.2, -0.15) is 0 Å². The summed E-state index contributed by atoms with van der Waals surface area (Å²) >= 11 is 0. The van der Waals surface area contributed by atoms with Gasteiger partial charge in [-0.25, -0.2) is 0 Å². The maximum Gasteiger partial charge on any atom is 0.132 e. The molecule has 0 bridgehead atoms. The van der Waals surface area contributed by atoms with Gasteiger partial charge in [0.05, 0.1) is 19.7 Å². The van der Waals surface area contributed by atoms with Crippen molar-refractivity contribution in [1.82, 2.24) is 4.57 Å². The summed E-state index contributed by atoms with van der Waals surface area (Å²) in [4.78, 5) is 0. The van der Waals surface area contributed by atoms with Gasteiger partial charge in [0, 0.05) is 30.8 Å². The van der Waals surface area contributed by atoms with E-state index in [4.69, 9.17) is 15.2 Å². The van der Waals surface area contributed by atoms with Crippen LogP contribution in [0.1, 0.15) is 12.0 Å². The van der Waals surface area contributed by atoms with Crippen LogP contribution in [0.5, 0.6) is 11.5 Å². The van der Waals surface area contributed by atoms with Crippen LogP contribution in [0.15, 0.2) is 18.3 Å². The zero-order valence-electron chi connectivity index (χ0n) is 11.2. The molecule has 1 aromatic carbocycles. The molecular weight excluding hydrogens is 228 g/mol. The quantitative estimate of drug-likeness (QED) is 0.881. The summed E-state index contributed by atoms with van der Waals surface area (Å²) in [7, 11) is 5.39. The van der Waals surface area contributed by atoms with Gasteiger partial charge in [0.25, 0.3) is 0 Å². The van der Waals surface area contributed by atoms with Gasteiger partial charge in [0.1, 0.15) is 11.5 Å². The molecule has 0 spiro atoms. The lowest BCUT2D eigenvalue weighted by atomic mass is 10.1. The summed E-state index contributed by atoms with van der Waals surface area (Å²) < 4.78 is 12.9. The van der Waals surface area contributed by atoms with Gasteiger partial charge in [-0.1, -0.05) is 0 Å². The first-order chi connectivity index (χ1) is 8.71. The second kappa shape index (κ2) is 5.31. The van der Waals surface area contributed by atoms with E-state index >= 15 is 0 Å². The Morgan fingerprint density at radius 1 is 1.22 bits per heavy atom. The average molecular weight is 248 g/mol. The number of benzene rings is 1. The monoisotopic (exact) mass is 248 g/mol. The highest BCUT2D eigenvalue weighted by Gasteiger charge is 2.13. The molecule has 0 aliphatic heterocycles. The van der Waals surface area contributed by atoms with Crippen LogP contribution in [0, 0.1) is 0 Å². The standard InChI is InChI=1S/C14H20N2O2/c1-16-9-10(5-4-6-15)14-12(16)7-11(17-2)8-13(14)18-3/h7-9H,4-6,15H2,1-3H3. The molecular formula is C14H20N2O2. The van der Waals surface area contributed by atoms with Crippen molar-refractivity contribution in [2.75, 3.05) is 20.8 Å². The smallest absolute Gasteiger partial charge is 0.132 e. The third-order valence-corrected chi connectivity index (χ3v) is 3.21. The summed E-state index contributed by atoms with van der Waals surface area (Å²) in [5, 5.41) is 1.16. The second-order valence-corrected chi connectivity index (χ2v) is 4.38. The summed E-state index contributed by atoms with van der Waals surface area (Å²) in [6.07, 6.45) is 4.09. The fourth-order valence-corrected chi connectivity index (χ4v) is 2.31. The van der Waals surface area contributed by atoms with E-state index in [1.54, 1.807) is 14.2 Å². The zero-order chi connectivity index (χ0) is 13.1.